The number of ether oxygens (including phenoxy) is 1. The summed E-state index contributed by atoms with van der Waals surface area (Å²) in [7, 11) is -2.22. The van der Waals surface area contributed by atoms with Crippen LogP contribution in [0, 0.1) is 0 Å². The van der Waals surface area contributed by atoms with Gasteiger partial charge in [0.1, 0.15) is 5.83 Å². The predicted molar refractivity (Wildman–Crippen MR) is 75.7 cm³/mol. The third-order valence-electron chi connectivity index (χ3n) is 2.95. The fourth-order valence-electron chi connectivity index (χ4n) is 1.95. The van der Waals surface area contributed by atoms with Gasteiger partial charge in [0, 0.05) is 20.2 Å². The highest BCUT2D eigenvalue weighted by atomic mass is 32.2. The lowest BCUT2D eigenvalue weighted by atomic mass is 10.1. The zero-order valence-corrected chi connectivity index (χ0v) is 12.3. The number of hydrogen-bond acceptors (Lipinski definition) is 4. The highest BCUT2D eigenvalue weighted by Gasteiger charge is 2.34. The van der Waals surface area contributed by atoms with Gasteiger partial charge in [-0.2, -0.15) is 0 Å². The molecule has 1 heterocycles. The van der Waals surface area contributed by atoms with E-state index < -0.39 is 21.1 Å². The van der Waals surface area contributed by atoms with Gasteiger partial charge in [0.05, 0.1) is 17.6 Å². The molecule has 0 aromatic rings. The molecular formula is C11H19FN4O3S. The van der Waals surface area contributed by atoms with E-state index in [4.69, 9.17) is 9.88 Å². The van der Waals surface area contributed by atoms with Crippen LogP contribution in [0.2, 0.25) is 0 Å². The van der Waals surface area contributed by atoms with E-state index in [1.807, 2.05) is 0 Å². The van der Waals surface area contributed by atoms with Gasteiger partial charge in [0.15, 0.2) is 0 Å². The largest absolute Gasteiger partial charge is 0.380 e. The van der Waals surface area contributed by atoms with Crippen molar-refractivity contribution in [3.8, 4) is 0 Å². The molecule has 1 fully saturated rings. The Bertz CT molecular complexity index is 514. The molecule has 20 heavy (non-hydrogen) atoms. The summed E-state index contributed by atoms with van der Waals surface area (Å²) in [6.45, 7) is 5.11. The molecule has 0 unspecified atom stereocenters. The molecule has 0 aromatic heterocycles. The maximum atomic E-state index is 12.7. The van der Waals surface area contributed by atoms with Crippen molar-refractivity contribution < 1.29 is 17.5 Å². The average molecular weight is 306 g/mol. The minimum Gasteiger partial charge on any atom is -0.380 e. The van der Waals surface area contributed by atoms with E-state index in [1.165, 1.54) is 14.0 Å². The van der Waals surface area contributed by atoms with Gasteiger partial charge in [-0.05, 0) is 20.1 Å². The lowest BCUT2D eigenvalue weighted by Gasteiger charge is -2.36. The molecule has 2 atom stereocenters. The summed E-state index contributed by atoms with van der Waals surface area (Å²) in [4.78, 5) is 9.10. The first-order chi connectivity index (χ1) is 9.27. The molecule has 1 aliphatic rings. The predicted octanol–water partition coefficient (Wildman–Crippen LogP) is 0.252. The molecule has 9 heteroatoms. The Morgan fingerprint density at radius 3 is 2.65 bits per heavy atom. The molecule has 7 nitrogen and oxygen atoms in total. The Morgan fingerprint density at radius 2 is 2.20 bits per heavy atom. The second-order valence-electron chi connectivity index (χ2n) is 4.51. The zero-order valence-electron chi connectivity index (χ0n) is 11.5. The number of methoxy groups -OCH3 is 1. The number of nitrogens with two attached hydrogens (primary N) is 1. The second kappa shape index (κ2) is 6.91. The summed E-state index contributed by atoms with van der Waals surface area (Å²) in [6, 6.07) is 0. The van der Waals surface area contributed by atoms with Gasteiger partial charge in [-0.3, -0.25) is 0 Å². The molecule has 0 aliphatic carbocycles. The third kappa shape index (κ3) is 4.66. The van der Waals surface area contributed by atoms with Gasteiger partial charge >= 0.3 is 0 Å². The highest BCUT2D eigenvalue weighted by Crippen LogP contribution is 2.18. The third-order valence-corrected chi connectivity index (χ3v) is 4.22. The van der Waals surface area contributed by atoms with Crippen molar-refractivity contribution in [2.24, 2.45) is 15.1 Å². The number of nitrogens with zero attached hydrogens (tertiary/aromatic N) is 3. The number of sulfonamides is 1. The van der Waals surface area contributed by atoms with Gasteiger partial charge < -0.3 is 9.64 Å². The highest BCUT2D eigenvalue weighted by molar-refractivity contribution is 7.89. The standard InChI is InChI=1S/C11H19FN4O3S/c1-8(12)5-15-11(14-2)16-6-9(19-3)4-10(7-16)20(13,17)18/h5,9-10H,2,4,6-7H2,1,3H3,(H2,13,17,18)/b8-5+,15-11+/t9-,10-/m0/s1. The topological polar surface area (TPSA) is 97.3 Å². The second-order valence-corrected chi connectivity index (χ2v) is 6.36. The van der Waals surface area contributed by atoms with Crippen molar-refractivity contribution in [1.29, 1.82) is 0 Å². The molecule has 2 N–H and O–H groups in total. The van der Waals surface area contributed by atoms with Crippen LogP contribution in [0.5, 0.6) is 0 Å². The summed E-state index contributed by atoms with van der Waals surface area (Å²) in [5.74, 6) is -0.355. The Hall–Kier alpha value is -1.32. The monoisotopic (exact) mass is 306 g/mol. The van der Waals surface area contributed by atoms with Gasteiger partial charge in [0.2, 0.25) is 16.0 Å². The minimum atomic E-state index is -3.70. The number of allylic oxidation sites excluding steroid dienone is 1. The van der Waals surface area contributed by atoms with Crippen LogP contribution in [-0.2, 0) is 14.8 Å². The van der Waals surface area contributed by atoms with E-state index in [-0.39, 0.29) is 18.6 Å². The molecule has 1 saturated heterocycles. The molecule has 0 saturated carbocycles. The van der Waals surface area contributed by atoms with Crippen LogP contribution in [0.4, 0.5) is 4.39 Å². The number of aliphatic imine (C=N–C) groups is 2. The van der Waals surface area contributed by atoms with Crippen molar-refractivity contribution in [1.82, 2.24) is 4.90 Å². The first-order valence-corrected chi connectivity index (χ1v) is 7.55. The summed E-state index contributed by atoms with van der Waals surface area (Å²) >= 11 is 0. The molecule has 1 aliphatic heterocycles. The fourth-order valence-corrected chi connectivity index (χ4v) is 2.82. The van der Waals surface area contributed by atoms with Crippen LogP contribution in [0.3, 0.4) is 0 Å². The Kier molecular flexibility index (Phi) is 5.78. The summed E-state index contributed by atoms with van der Waals surface area (Å²) in [5.41, 5.74) is 0. The quantitative estimate of drug-likeness (QED) is 0.597. The molecular weight excluding hydrogens is 287 g/mol. The first-order valence-electron chi connectivity index (χ1n) is 5.94. The SMILES string of the molecule is C=N/C(=N\C=C(/C)F)N1C[C@@H](OC)C[C@H](S(N)(=O)=O)C1. The van der Waals surface area contributed by atoms with Crippen LogP contribution in [0.1, 0.15) is 13.3 Å². The molecule has 0 amide bonds. The van der Waals surface area contributed by atoms with Crippen molar-refractivity contribution in [3.05, 3.63) is 12.0 Å². The Balaban J connectivity index is 3.00. The van der Waals surface area contributed by atoms with E-state index in [1.54, 1.807) is 4.90 Å². The van der Waals surface area contributed by atoms with Crippen molar-refractivity contribution in [2.45, 2.75) is 24.7 Å². The number of hydrogen-bond donors (Lipinski definition) is 1. The zero-order chi connectivity index (χ0) is 15.3. The maximum Gasteiger partial charge on any atom is 0.224 e. The van der Waals surface area contributed by atoms with E-state index in [9.17, 15) is 12.8 Å². The average Bonchev–Trinajstić information content (AvgIpc) is 2.37. The summed E-state index contributed by atoms with van der Waals surface area (Å²) in [5, 5.41) is 4.40. The molecule has 1 rings (SSSR count). The van der Waals surface area contributed by atoms with Crippen LogP contribution in [0.15, 0.2) is 22.0 Å². The van der Waals surface area contributed by atoms with E-state index in [0.29, 0.717) is 13.0 Å². The van der Waals surface area contributed by atoms with Crippen LogP contribution in [-0.4, -0.2) is 57.5 Å². The summed E-state index contributed by atoms with van der Waals surface area (Å²) in [6.07, 6.45) is 0.968. The first kappa shape index (κ1) is 16.7. The minimum absolute atomic E-state index is 0.121. The maximum absolute atomic E-state index is 12.7. The number of primary sulfonamides is 1. The van der Waals surface area contributed by atoms with Gasteiger partial charge in [-0.1, -0.05) is 0 Å². The van der Waals surface area contributed by atoms with Crippen molar-refractivity contribution in [3.63, 3.8) is 0 Å². The van der Waals surface area contributed by atoms with Crippen molar-refractivity contribution in [2.75, 3.05) is 20.2 Å². The van der Waals surface area contributed by atoms with Gasteiger partial charge in [0.25, 0.3) is 0 Å². The van der Waals surface area contributed by atoms with Gasteiger partial charge in [-0.25, -0.2) is 27.9 Å². The molecule has 0 radical (unpaired) electrons. The van der Waals surface area contributed by atoms with Crippen LogP contribution >= 0.6 is 0 Å². The molecule has 0 bridgehead atoms. The Labute approximate surface area is 118 Å². The molecule has 114 valence electrons. The number of guanidine groups is 1. The van der Waals surface area contributed by atoms with Crippen LogP contribution in [0.25, 0.3) is 0 Å². The van der Waals surface area contributed by atoms with E-state index >= 15 is 0 Å². The van der Waals surface area contributed by atoms with Gasteiger partial charge in [-0.15, -0.1) is 0 Å². The lowest BCUT2D eigenvalue weighted by molar-refractivity contribution is 0.0546. The summed E-state index contributed by atoms with van der Waals surface area (Å²) < 4.78 is 40.9. The lowest BCUT2D eigenvalue weighted by Crippen LogP contribution is -2.52. The molecule has 0 aromatic carbocycles. The molecule has 0 spiro atoms. The van der Waals surface area contributed by atoms with E-state index in [0.717, 1.165) is 6.20 Å². The number of piperidine rings is 1. The fraction of sp³-hybridized carbons (Fsp3) is 0.636. The normalized spacial score (nSPS) is 25.7. The Morgan fingerprint density at radius 1 is 1.55 bits per heavy atom. The number of rotatable bonds is 3. The smallest absolute Gasteiger partial charge is 0.224 e. The van der Waals surface area contributed by atoms with E-state index in [2.05, 4.69) is 16.7 Å². The number of halogens is 1. The van der Waals surface area contributed by atoms with Crippen LogP contribution < -0.4 is 5.14 Å². The number of likely N-dealkylation sites (tertiary alicyclic amines) is 1. The van der Waals surface area contributed by atoms with Crippen molar-refractivity contribution >= 4 is 22.7 Å².